The van der Waals surface area contributed by atoms with Gasteiger partial charge in [-0.1, -0.05) is 13.8 Å². The Balaban J connectivity index is 2.28. The zero-order valence-electron chi connectivity index (χ0n) is 10.8. The molecule has 1 fully saturated rings. The fourth-order valence-electron chi connectivity index (χ4n) is 2.34. The molecule has 2 aromatic rings. The molecule has 1 aromatic carbocycles. The van der Waals surface area contributed by atoms with Gasteiger partial charge >= 0.3 is 0 Å². The quantitative estimate of drug-likeness (QED) is 0.906. The Labute approximate surface area is 106 Å². The summed E-state index contributed by atoms with van der Waals surface area (Å²) in [5.74, 6) is 0.773. The Morgan fingerprint density at radius 3 is 2.78 bits per heavy atom. The first-order chi connectivity index (χ1) is 8.53. The molecule has 1 aliphatic carbocycles. The van der Waals surface area contributed by atoms with E-state index >= 15 is 0 Å². The first kappa shape index (κ1) is 11.7. The van der Waals surface area contributed by atoms with Crippen LogP contribution >= 0.6 is 0 Å². The molecule has 96 valence electrons. The number of nitrogens with two attached hydrogens (primary N) is 1. The SMILES string of the molecule is CC(C)(CN)c1nc2ccc(F)cc2n1C1CC1. The maximum absolute atomic E-state index is 13.4. The van der Waals surface area contributed by atoms with Gasteiger partial charge in [0.25, 0.3) is 0 Å². The number of hydrogen-bond acceptors (Lipinski definition) is 2. The normalized spacial score (nSPS) is 16.4. The van der Waals surface area contributed by atoms with Crippen LogP contribution in [0.25, 0.3) is 11.0 Å². The van der Waals surface area contributed by atoms with Gasteiger partial charge in [0.15, 0.2) is 0 Å². The molecule has 0 radical (unpaired) electrons. The van der Waals surface area contributed by atoms with Gasteiger partial charge in [-0.25, -0.2) is 9.37 Å². The summed E-state index contributed by atoms with van der Waals surface area (Å²) in [6.45, 7) is 4.71. The van der Waals surface area contributed by atoms with Crippen LogP contribution in [0.1, 0.15) is 38.6 Å². The number of aromatic nitrogens is 2. The molecule has 0 saturated heterocycles. The van der Waals surface area contributed by atoms with Crippen molar-refractivity contribution in [1.82, 2.24) is 9.55 Å². The number of benzene rings is 1. The number of imidazole rings is 1. The third-order valence-electron chi connectivity index (χ3n) is 3.68. The largest absolute Gasteiger partial charge is 0.329 e. The molecule has 1 heterocycles. The van der Waals surface area contributed by atoms with E-state index < -0.39 is 0 Å². The zero-order valence-corrected chi connectivity index (χ0v) is 10.8. The topological polar surface area (TPSA) is 43.8 Å². The number of halogens is 1. The average Bonchev–Trinajstić information content (AvgIpc) is 3.10. The Bertz CT molecular complexity index is 596. The molecule has 0 amide bonds. The lowest BCUT2D eigenvalue weighted by molar-refractivity contribution is 0.473. The minimum absolute atomic E-state index is 0.182. The van der Waals surface area contributed by atoms with E-state index in [1.807, 2.05) is 0 Å². The number of fused-ring (bicyclic) bond motifs is 1. The van der Waals surface area contributed by atoms with Crippen LogP contribution < -0.4 is 5.73 Å². The van der Waals surface area contributed by atoms with Crippen LogP contribution in [-0.4, -0.2) is 16.1 Å². The molecule has 4 heteroatoms. The van der Waals surface area contributed by atoms with E-state index in [0.717, 1.165) is 29.7 Å². The van der Waals surface area contributed by atoms with E-state index in [1.54, 1.807) is 12.1 Å². The van der Waals surface area contributed by atoms with Crippen LogP contribution in [0.2, 0.25) is 0 Å². The molecular formula is C14H18FN3. The van der Waals surface area contributed by atoms with Crippen molar-refractivity contribution in [2.24, 2.45) is 5.73 Å². The van der Waals surface area contributed by atoms with E-state index in [-0.39, 0.29) is 11.2 Å². The molecule has 3 nitrogen and oxygen atoms in total. The summed E-state index contributed by atoms with van der Waals surface area (Å²) >= 11 is 0. The number of rotatable bonds is 3. The maximum atomic E-state index is 13.4. The fraction of sp³-hybridized carbons (Fsp3) is 0.500. The van der Waals surface area contributed by atoms with Crippen molar-refractivity contribution in [3.05, 3.63) is 29.8 Å². The van der Waals surface area contributed by atoms with Gasteiger partial charge in [-0.3, -0.25) is 0 Å². The first-order valence-electron chi connectivity index (χ1n) is 6.41. The van der Waals surface area contributed by atoms with Crippen LogP contribution in [0.5, 0.6) is 0 Å². The maximum Gasteiger partial charge on any atom is 0.125 e. The molecule has 18 heavy (non-hydrogen) atoms. The summed E-state index contributed by atoms with van der Waals surface area (Å²) in [5, 5.41) is 0. The smallest absolute Gasteiger partial charge is 0.125 e. The summed E-state index contributed by atoms with van der Waals surface area (Å²) in [5.41, 5.74) is 7.43. The van der Waals surface area contributed by atoms with Gasteiger partial charge in [0.1, 0.15) is 11.6 Å². The highest BCUT2D eigenvalue weighted by molar-refractivity contribution is 5.76. The molecule has 0 unspecified atom stereocenters. The molecule has 0 atom stereocenters. The van der Waals surface area contributed by atoms with Gasteiger partial charge in [-0.2, -0.15) is 0 Å². The Kier molecular flexibility index (Phi) is 2.45. The second-order valence-electron chi connectivity index (χ2n) is 5.76. The highest BCUT2D eigenvalue weighted by atomic mass is 19.1. The van der Waals surface area contributed by atoms with Crippen molar-refractivity contribution in [3.8, 4) is 0 Å². The lowest BCUT2D eigenvalue weighted by atomic mass is 9.92. The third kappa shape index (κ3) is 1.72. The number of hydrogen-bond donors (Lipinski definition) is 1. The highest BCUT2D eigenvalue weighted by Gasteiger charge is 2.33. The van der Waals surface area contributed by atoms with E-state index in [9.17, 15) is 4.39 Å². The van der Waals surface area contributed by atoms with Crippen molar-refractivity contribution in [3.63, 3.8) is 0 Å². The van der Waals surface area contributed by atoms with Crippen molar-refractivity contribution < 1.29 is 4.39 Å². The Morgan fingerprint density at radius 1 is 1.44 bits per heavy atom. The van der Waals surface area contributed by atoms with Crippen molar-refractivity contribution in [2.45, 2.75) is 38.1 Å². The molecule has 1 saturated carbocycles. The van der Waals surface area contributed by atoms with Crippen molar-refractivity contribution in [2.75, 3.05) is 6.54 Å². The summed E-state index contributed by atoms with van der Waals surface area (Å²) in [4.78, 5) is 4.67. The molecule has 2 N–H and O–H groups in total. The van der Waals surface area contributed by atoms with E-state index in [4.69, 9.17) is 5.73 Å². The summed E-state index contributed by atoms with van der Waals surface area (Å²) in [7, 11) is 0. The van der Waals surface area contributed by atoms with Crippen molar-refractivity contribution >= 4 is 11.0 Å². The standard InChI is InChI=1S/C14H18FN3/c1-14(2,8-16)13-17-11-6-3-9(15)7-12(11)18(13)10-4-5-10/h3,6-7,10H,4-5,8,16H2,1-2H3. The van der Waals surface area contributed by atoms with Gasteiger partial charge in [0.05, 0.1) is 11.0 Å². The van der Waals surface area contributed by atoms with Crippen LogP contribution in [0.3, 0.4) is 0 Å². The van der Waals surface area contributed by atoms with Crippen molar-refractivity contribution in [1.29, 1.82) is 0 Å². The monoisotopic (exact) mass is 247 g/mol. The van der Waals surface area contributed by atoms with Crippen LogP contribution in [0.15, 0.2) is 18.2 Å². The Morgan fingerprint density at radius 2 is 2.17 bits per heavy atom. The summed E-state index contributed by atoms with van der Waals surface area (Å²) in [6.07, 6.45) is 2.30. The predicted octanol–water partition coefficient (Wildman–Crippen LogP) is 2.75. The Hall–Kier alpha value is -1.42. The van der Waals surface area contributed by atoms with Gasteiger partial charge in [-0.05, 0) is 31.0 Å². The molecule has 1 aliphatic rings. The summed E-state index contributed by atoms with van der Waals surface area (Å²) < 4.78 is 15.6. The number of nitrogens with zero attached hydrogens (tertiary/aromatic N) is 2. The molecule has 3 rings (SSSR count). The van der Waals surface area contributed by atoms with Crippen LogP contribution in [-0.2, 0) is 5.41 Å². The van der Waals surface area contributed by atoms with E-state index in [0.29, 0.717) is 12.6 Å². The van der Waals surface area contributed by atoms with Crippen LogP contribution in [0.4, 0.5) is 4.39 Å². The minimum Gasteiger partial charge on any atom is -0.329 e. The third-order valence-corrected chi connectivity index (χ3v) is 3.68. The van der Waals surface area contributed by atoms with Gasteiger partial charge < -0.3 is 10.3 Å². The average molecular weight is 247 g/mol. The van der Waals surface area contributed by atoms with Crippen LogP contribution in [0, 0.1) is 5.82 Å². The molecule has 0 spiro atoms. The predicted molar refractivity (Wildman–Crippen MR) is 70.0 cm³/mol. The molecular weight excluding hydrogens is 229 g/mol. The molecule has 1 aromatic heterocycles. The minimum atomic E-state index is -0.207. The lowest BCUT2D eigenvalue weighted by Crippen LogP contribution is -2.31. The molecule has 0 bridgehead atoms. The second kappa shape index (κ2) is 3.79. The summed E-state index contributed by atoms with van der Waals surface area (Å²) in [6, 6.07) is 5.26. The zero-order chi connectivity index (χ0) is 12.9. The van der Waals surface area contributed by atoms with Gasteiger partial charge in [0.2, 0.25) is 0 Å². The van der Waals surface area contributed by atoms with Gasteiger partial charge in [0, 0.05) is 18.0 Å². The first-order valence-corrected chi connectivity index (χ1v) is 6.41. The van der Waals surface area contributed by atoms with E-state index in [2.05, 4.69) is 23.4 Å². The van der Waals surface area contributed by atoms with E-state index in [1.165, 1.54) is 6.07 Å². The second-order valence-corrected chi connectivity index (χ2v) is 5.76. The van der Waals surface area contributed by atoms with Gasteiger partial charge in [-0.15, -0.1) is 0 Å². The fourth-order valence-corrected chi connectivity index (χ4v) is 2.34. The highest BCUT2D eigenvalue weighted by Crippen LogP contribution is 2.41. The molecule has 0 aliphatic heterocycles. The lowest BCUT2D eigenvalue weighted by Gasteiger charge is -2.23.